The van der Waals surface area contributed by atoms with E-state index < -0.39 is 0 Å². The highest BCUT2D eigenvalue weighted by Gasteiger charge is 2.20. The number of para-hydroxylation sites is 1. The maximum atomic E-state index is 2.49. The topological polar surface area (TPSA) is 9.86 Å². The average molecular weight is 717 g/mol. The van der Waals surface area contributed by atoms with Crippen LogP contribution >= 0.6 is 11.3 Å². The predicted octanol–water partition coefficient (Wildman–Crippen LogP) is 14.7. The van der Waals surface area contributed by atoms with Gasteiger partial charge in [-0.15, -0.1) is 11.3 Å². The smallest absolute Gasteiger partial charge is 0.0548 e. The third-order valence-electron chi connectivity index (χ3n) is 11.5. The van der Waals surface area contributed by atoms with Crippen molar-refractivity contribution in [2.75, 3.05) is 0 Å². The third kappa shape index (κ3) is 4.54. The van der Waals surface area contributed by atoms with Gasteiger partial charge < -0.3 is 9.13 Å². The number of aromatic nitrogens is 2. The summed E-state index contributed by atoms with van der Waals surface area (Å²) < 4.78 is 7.54. The molecule has 256 valence electrons. The highest BCUT2D eigenvalue weighted by atomic mass is 32.1. The molecule has 0 aliphatic heterocycles. The Morgan fingerprint density at radius 1 is 0.309 bits per heavy atom. The summed E-state index contributed by atoms with van der Waals surface area (Å²) in [5.74, 6) is 0. The van der Waals surface area contributed by atoms with Crippen LogP contribution < -0.4 is 0 Å². The number of rotatable bonds is 4. The van der Waals surface area contributed by atoms with Gasteiger partial charge in [0.1, 0.15) is 0 Å². The largest absolute Gasteiger partial charge is 0.309 e. The molecule has 0 N–H and O–H groups in total. The molecule has 9 aromatic carbocycles. The van der Waals surface area contributed by atoms with Gasteiger partial charge in [-0.2, -0.15) is 0 Å². The van der Waals surface area contributed by atoms with E-state index in [2.05, 4.69) is 203 Å². The second-order valence-electron chi connectivity index (χ2n) is 14.5. The molecule has 0 amide bonds. The Bertz CT molecular complexity index is 3470. The van der Waals surface area contributed by atoms with Crippen LogP contribution in [0.2, 0.25) is 0 Å². The molecule has 0 unspecified atom stereocenters. The Kier molecular flexibility index (Phi) is 6.54. The lowest BCUT2D eigenvalue weighted by atomic mass is 9.99. The van der Waals surface area contributed by atoms with Crippen LogP contribution in [0.1, 0.15) is 0 Å². The van der Waals surface area contributed by atoms with Crippen LogP contribution in [-0.2, 0) is 0 Å². The summed E-state index contributed by atoms with van der Waals surface area (Å²) >= 11 is 1.88. The number of hydrogen-bond donors (Lipinski definition) is 0. The summed E-state index contributed by atoms with van der Waals surface area (Å²) in [5, 5.41) is 10.3. The summed E-state index contributed by atoms with van der Waals surface area (Å²) in [7, 11) is 0. The first-order valence-corrected chi connectivity index (χ1v) is 19.7. The predicted molar refractivity (Wildman–Crippen MR) is 236 cm³/mol. The minimum atomic E-state index is 1.16. The fraction of sp³-hybridized carbons (Fsp3) is 0. The van der Waals surface area contributed by atoms with Gasteiger partial charge in [-0.3, -0.25) is 0 Å². The van der Waals surface area contributed by atoms with Crippen LogP contribution in [0.15, 0.2) is 194 Å². The van der Waals surface area contributed by atoms with Gasteiger partial charge in [0, 0.05) is 52.8 Å². The quantitative estimate of drug-likeness (QED) is 0.172. The molecule has 0 bridgehead atoms. The van der Waals surface area contributed by atoms with Crippen molar-refractivity contribution in [1.29, 1.82) is 0 Å². The lowest BCUT2D eigenvalue weighted by molar-refractivity contribution is 1.18. The molecule has 0 radical (unpaired) electrons. The molecule has 55 heavy (non-hydrogen) atoms. The van der Waals surface area contributed by atoms with Gasteiger partial charge in [-0.1, -0.05) is 127 Å². The summed E-state index contributed by atoms with van der Waals surface area (Å²) in [6.07, 6.45) is 0. The second kappa shape index (κ2) is 11.8. The van der Waals surface area contributed by atoms with Crippen LogP contribution in [0.4, 0.5) is 0 Å². The van der Waals surface area contributed by atoms with Crippen molar-refractivity contribution in [3.05, 3.63) is 194 Å². The maximum absolute atomic E-state index is 2.49. The van der Waals surface area contributed by atoms with Crippen molar-refractivity contribution < 1.29 is 0 Å². The minimum absolute atomic E-state index is 1.16. The number of hydrogen-bond acceptors (Lipinski definition) is 1. The zero-order valence-electron chi connectivity index (χ0n) is 29.8. The van der Waals surface area contributed by atoms with Crippen LogP contribution in [0.3, 0.4) is 0 Å². The van der Waals surface area contributed by atoms with E-state index in [9.17, 15) is 0 Å². The van der Waals surface area contributed by atoms with Crippen molar-refractivity contribution in [2.45, 2.75) is 0 Å². The highest BCUT2D eigenvalue weighted by Crippen LogP contribution is 2.45. The van der Waals surface area contributed by atoms with Crippen molar-refractivity contribution in [1.82, 2.24) is 9.13 Å². The molecule has 0 fully saturated rings. The lowest BCUT2D eigenvalue weighted by Crippen LogP contribution is -1.95. The molecule has 3 heteroatoms. The fourth-order valence-corrected chi connectivity index (χ4v) is 10.1. The van der Waals surface area contributed by atoms with Crippen molar-refractivity contribution >= 4 is 85.9 Å². The lowest BCUT2D eigenvalue weighted by Gasteiger charge is -2.12. The molecule has 0 spiro atoms. The Morgan fingerprint density at radius 2 is 0.909 bits per heavy atom. The van der Waals surface area contributed by atoms with Gasteiger partial charge in [-0.25, -0.2) is 0 Å². The first-order valence-electron chi connectivity index (χ1n) is 18.8. The van der Waals surface area contributed by atoms with E-state index in [1.807, 2.05) is 11.3 Å². The number of fused-ring (bicyclic) bond motifs is 11. The molecule has 0 saturated carbocycles. The third-order valence-corrected chi connectivity index (χ3v) is 12.7. The van der Waals surface area contributed by atoms with E-state index in [-0.39, 0.29) is 0 Å². The van der Waals surface area contributed by atoms with Gasteiger partial charge in [0.2, 0.25) is 0 Å². The van der Waals surface area contributed by atoms with Crippen LogP contribution in [0, 0.1) is 0 Å². The number of thiophene rings is 1. The van der Waals surface area contributed by atoms with Crippen molar-refractivity contribution in [3.63, 3.8) is 0 Å². The average Bonchev–Trinajstić information content (AvgIpc) is 3.91. The summed E-state index contributed by atoms with van der Waals surface area (Å²) in [5.41, 5.74) is 12.1. The summed E-state index contributed by atoms with van der Waals surface area (Å²) in [6, 6.07) is 71.4. The Labute approximate surface area is 321 Å². The first kappa shape index (κ1) is 30.5. The molecular formula is C52H32N2S. The van der Waals surface area contributed by atoms with Crippen LogP contribution in [0.25, 0.3) is 108 Å². The van der Waals surface area contributed by atoms with Crippen molar-refractivity contribution in [3.8, 4) is 33.6 Å². The zero-order chi connectivity index (χ0) is 36.0. The van der Waals surface area contributed by atoms with Gasteiger partial charge in [0.25, 0.3) is 0 Å². The standard InChI is InChI=1S/C52H32N2S/c1-2-11-33(12-3-1)34-21-25-38(26-22-34)53-45-18-8-6-16-40(45)42-31-36(23-27-46(42)53)37-24-28-47-43(32-37)51-48(29-30-50-52(51)41-17-7-9-20-49(41)55-50)54(47)44-19-10-14-35-13-4-5-15-39(35)44/h1-32H. The molecule has 0 atom stereocenters. The second-order valence-corrected chi connectivity index (χ2v) is 15.6. The van der Waals surface area contributed by atoms with E-state index in [0.717, 1.165) is 5.69 Å². The van der Waals surface area contributed by atoms with E-state index in [1.54, 1.807) is 0 Å². The van der Waals surface area contributed by atoms with Crippen molar-refractivity contribution in [2.24, 2.45) is 0 Å². The van der Waals surface area contributed by atoms with Gasteiger partial charge in [-0.05, 0) is 94.4 Å². The molecule has 0 aliphatic carbocycles. The monoisotopic (exact) mass is 716 g/mol. The van der Waals surface area contributed by atoms with Gasteiger partial charge in [0.15, 0.2) is 0 Å². The molecule has 2 nitrogen and oxygen atoms in total. The van der Waals surface area contributed by atoms with E-state index in [1.165, 1.54) is 102 Å². The molecule has 3 aromatic heterocycles. The Balaban J connectivity index is 1.09. The van der Waals surface area contributed by atoms with E-state index in [4.69, 9.17) is 0 Å². The molecule has 0 saturated heterocycles. The molecule has 12 rings (SSSR count). The number of nitrogens with zero attached hydrogens (tertiary/aromatic N) is 2. The normalized spacial score (nSPS) is 12.0. The molecule has 12 aromatic rings. The fourth-order valence-electron chi connectivity index (χ4n) is 9.03. The van der Waals surface area contributed by atoms with Crippen LogP contribution in [-0.4, -0.2) is 9.13 Å². The Morgan fingerprint density at radius 3 is 1.75 bits per heavy atom. The SMILES string of the molecule is c1ccc(-c2ccc(-n3c4ccccc4c4cc(-c5ccc6c(c5)c5c7c(ccc5n6-c5cccc6ccccc56)sc5ccccc57)ccc43)cc2)cc1. The molecule has 0 aliphatic rings. The first-order chi connectivity index (χ1) is 27.3. The van der Waals surface area contributed by atoms with Gasteiger partial charge in [0.05, 0.1) is 27.8 Å². The molecule has 3 heterocycles. The highest BCUT2D eigenvalue weighted by molar-refractivity contribution is 7.26. The van der Waals surface area contributed by atoms with Crippen LogP contribution in [0.5, 0.6) is 0 Å². The minimum Gasteiger partial charge on any atom is -0.309 e. The van der Waals surface area contributed by atoms with E-state index in [0.29, 0.717) is 0 Å². The number of benzene rings is 9. The zero-order valence-corrected chi connectivity index (χ0v) is 30.6. The summed E-state index contributed by atoms with van der Waals surface area (Å²) in [6.45, 7) is 0. The van der Waals surface area contributed by atoms with Gasteiger partial charge >= 0.3 is 0 Å². The Hall–Kier alpha value is -6.94. The van der Waals surface area contributed by atoms with E-state index >= 15 is 0 Å². The maximum Gasteiger partial charge on any atom is 0.0548 e. The molecular weight excluding hydrogens is 685 g/mol. The summed E-state index contributed by atoms with van der Waals surface area (Å²) in [4.78, 5) is 0.